The second kappa shape index (κ2) is 18.5. The predicted molar refractivity (Wildman–Crippen MR) is 156 cm³/mol. The van der Waals surface area contributed by atoms with Gasteiger partial charge in [0.1, 0.15) is 24.8 Å². The molecule has 0 N–H and O–H groups in total. The van der Waals surface area contributed by atoms with E-state index in [2.05, 4.69) is 35.7 Å². The van der Waals surface area contributed by atoms with Crippen molar-refractivity contribution in [3.63, 3.8) is 0 Å². The molecule has 0 aliphatic carbocycles. The molecule has 2 rings (SSSR count). The number of hydrogen-bond donors (Lipinski definition) is 0. The molecule has 0 saturated carbocycles. The van der Waals surface area contributed by atoms with E-state index in [1.807, 2.05) is 57.2 Å². The molecule has 1 saturated heterocycles. The molecule has 210 valence electrons. The Morgan fingerprint density at radius 3 is 2.58 bits per heavy atom. The van der Waals surface area contributed by atoms with Gasteiger partial charge in [-0.3, -0.25) is 0 Å². The van der Waals surface area contributed by atoms with E-state index in [9.17, 15) is 4.39 Å². The maximum Gasteiger partial charge on any atom is 0.120 e. The van der Waals surface area contributed by atoms with Crippen molar-refractivity contribution in [2.45, 2.75) is 60.0 Å². The topological polar surface area (TPSA) is 43.3 Å². The average Bonchev–Trinajstić information content (AvgIpc) is 2.93. The minimum Gasteiger partial charge on any atom is -0.489 e. The Morgan fingerprint density at radius 1 is 1.18 bits per heavy atom. The van der Waals surface area contributed by atoms with Crippen LogP contribution in [0.3, 0.4) is 0 Å². The fourth-order valence-electron chi connectivity index (χ4n) is 4.50. The van der Waals surface area contributed by atoms with Crippen LogP contribution in [0.15, 0.2) is 83.5 Å². The molecule has 1 atom stereocenters. The van der Waals surface area contributed by atoms with Crippen LogP contribution in [-0.2, 0) is 20.9 Å². The minimum absolute atomic E-state index is 0.0253. The van der Waals surface area contributed by atoms with Crippen LogP contribution >= 0.6 is 0 Å². The number of nitrogens with zero attached hydrogens (tertiary/aromatic N) is 2. The van der Waals surface area contributed by atoms with Crippen LogP contribution in [0.4, 0.5) is 4.39 Å². The van der Waals surface area contributed by atoms with E-state index < -0.39 is 5.83 Å². The number of oxime groups is 1. The Labute approximate surface area is 229 Å². The number of piperidine rings is 1. The van der Waals surface area contributed by atoms with Crippen molar-refractivity contribution in [1.29, 1.82) is 0 Å². The second-order valence-corrected chi connectivity index (χ2v) is 9.82. The molecule has 1 unspecified atom stereocenters. The van der Waals surface area contributed by atoms with E-state index in [1.54, 1.807) is 0 Å². The van der Waals surface area contributed by atoms with Crippen LogP contribution in [0.1, 0.15) is 58.9 Å². The van der Waals surface area contributed by atoms with Gasteiger partial charge in [-0.2, -0.15) is 0 Å². The zero-order chi connectivity index (χ0) is 27.6. The van der Waals surface area contributed by atoms with E-state index in [0.29, 0.717) is 25.7 Å². The Morgan fingerprint density at radius 2 is 1.92 bits per heavy atom. The molecule has 38 heavy (non-hydrogen) atoms. The zero-order valence-electron chi connectivity index (χ0n) is 23.8. The second-order valence-electron chi connectivity index (χ2n) is 9.82. The van der Waals surface area contributed by atoms with Gasteiger partial charge < -0.3 is 19.2 Å². The molecule has 6 heteroatoms. The van der Waals surface area contributed by atoms with Gasteiger partial charge in [-0.1, -0.05) is 61.1 Å². The third kappa shape index (κ3) is 12.2. The lowest BCUT2D eigenvalue weighted by atomic mass is 9.85. The highest BCUT2D eigenvalue weighted by Gasteiger charge is 2.26. The maximum absolute atomic E-state index is 13.1. The highest BCUT2D eigenvalue weighted by atomic mass is 19.1. The summed E-state index contributed by atoms with van der Waals surface area (Å²) in [4.78, 5) is 7.90. The first kappa shape index (κ1) is 31.5. The third-order valence-electron chi connectivity index (χ3n) is 6.64. The van der Waals surface area contributed by atoms with Crippen molar-refractivity contribution in [2.75, 3.05) is 39.5 Å². The monoisotopic (exact) mass is 526 g/mol. The fourth-order valence-corrected chi connectivity index (χ4v) is 4.50. The lowest BCUT2D eigenvalue weighted by molar-refractivity contribution is 0.134. The highest BCUT2D eigenvalue weighted by molar-refractivity contribution is 5.89. The molecule has 1 aromatic carbocycles. The molecule has 0 radical (unpaired) electrons. The van der Waals surface area contributed by atoms with Crippen molar-refractivity contribution in [3.8, 4) is 0 Å². The molecule has 1 aliphatic rings. The lowest BCUT2D eigenvalue weighted by Crippen LogP contribution is -2.38. The first-order valence-corrected chi connectivity index (χ1v) is 14.0. The number of hydrogen-bond acceptors (Lipinski definition) is 5. The van der Waals surface area contributed by atoms with Crippen molar-refractivity contribution in [2.24, 2.45) is 17.0 Å². The van der Waals surface area contributed by atoms with Crippen molar-refractivity contribution >= 4 is 5.71 Å². The van der Waals surface area contributed by atoms with E-state index in [-0.39, 0.29) is 5.92 Å². The summed E-state index contributed by atoms with van der Waals surface area (Å²) in [6.07, 6.45) is 11.5. The zero-order valence-corrected chi connectivity index (χ0v) is 23.8. The van der Waals surface area contributed by atoms with Gasteiger partial charge in [0.25, 0.3) is 0 Å². The largest absolute Gasteiger partial charge is 0.489 e. The molecule has 1 fully saturated rings. The van der Waals surface area contributed by atoms with Gasteiger partial charge >= 0.3 is 0 Å². The van der Waals surface area contributed by atoms with Crippen molar-refractivity contribution in [3.05, 3.63) is 83.9 Å². The molecular formula is C32H47FN2O3. The maximum atomic E-state index is 13.1. The Kier molecular flexibility index (Phi) is 15.4. The average molecular weight is 527 g/mol. The number of likely N-dealkylation sites (tertiary alicyclic amines) is 1. The van der Waals surface area contributed by atoms with E-state index >= 15 is 0 Å². The lowest BCUT2D eigenvalue weighted by Gasteiger charge is -2.33. The highest BCUT2D eigenvalue weighted by Crippen LogP contribution is 2.24. The van der Waals surface area contributed by atoms with Crippen LogP contribution in [0, 0.1) is 11.8 Å². The summed E-state index contributed by atoms with van der Waals surface area (Å²) in [5, 5.41) is 4.39. The first-order chi connectivity index (χ1) is 18.4. The summed E-state index contributed by atoms with van der Waals surface area (Å²) in [5.74, 6) is 0.828. The molecule has 1 heterocycles. The van der Waals surface area contributed by atoms with E-state index in [4.69, 9.17) is 14.3 Å². The van der Waals surface area contributed by atoms with Crippen LogP contribution in [0.5, 0.6) is 0 Å². The van der Waals surface area contributed by atoms with Gasteiger partial charge in [0.2, 0.25) is 0 Å². The number of allylic oxidation sites excluding steroid dienone is 5. The third-order valence-corrected chi connectivity index (χ3v) is 6.64. The number of benzene rings is 1. The minimum atomic E-state index is -0.438. The van der Waals surface area contributed by atoms with Crippen LogP contribution in [0.25, 0.3) is 0 Å². The number of unbranched alkanes of at least 4 members (excludes halogenated alkanes) is 1. The van der Waals surface area contributed by atoms with Crippen LogP contribution in [-0.4, -0.2) is 50.1 Å². The SMILES string of the molecule is C=C(F)/C=C\C(C)/C(=N\OCC)C1CCN(CCCCOC/C(C)=C(\C=C/C)OCc2ccccc2)CC1. The fraction of sp³-hybridized carbons (Fsp3) is 0.531. The van der Waals surface area contributed by atoms with E-state index in [0.717, 1.165) is 74.5 Å². The summed E-state index contributed by atoms with van der Waals surface area (Å²) in [7, 11) is 0. The first-order valence-electron chi connectivity index (χ1n) is 14.0. The van der Waals surface area contributed by atoms with E-state index in [1.165, 1.54) is 6.08 Å². The van der Waals surface area contributed by atoms with Gasteiger partial charge in [0.15, 0.2) is 0 Å². The summed E-state index contributed by atoms with van der Waals surface area (Å²) in [5.41, 5.74) is 3.26. The van der Waals surface area contributed by atoms with Gasteiger partial charge in [-0.25, -0.2) is 4.39 Å². The Balaban J connectivity index is 1.69. The molecule has 0 amide bonds. The number of ether oxygens (including phenoxy) is 2. The molecule has 0 aromatic heterocycles. The normalized spacial score (nSPS) is 17.1. The Hall–Kier alpha value is -2.70. The number of halogens is 1. The van der Waals surface area contributed by atoms with Crippen LogP contribution < -0.4 is 0 Å². The van der Waals surface area contributed by atoms with Gasteiger partial charge in [0.05, 0.1) is 12.3 Å². The quantitative estimate of drug-likeness (QED) is 0.0688. The summed E-state index contributed by atoms with van der Waals surface area (Å²) in [6, 6.07) is 10.2. The smallest absolute Gasteiger partial charge is 0.120 e. The van der Waals surface area contributed by atoms with Gasteiger partial charge in [-0.15, -0.1) is 0 Å². The van der Waals surface area contributed by atoms with Gasteiger partial charge in [0, 0.05) is 18.4 Å². The standard InChI is InChI=1S/C32H47FN2O3/c1-6-13-31(37-25-29-14-9-8-10-15-29)27(4)24-36-23-12-11-20-35-21-18-30(19-22-35)32(34-38-7-2)26(3)16-17-28(5)33/h6,8-10,13-17,26,30H,5,7,11-12,18-25H2,1-4H3/b13-6-,17-16-,31-27+,34-32+. The molecule has 0 spiro atoms. The summed E-state index contributed by atoms with van der Waals surface area (Å²) >= 11 is 0. The molecule has 1 aliphatic heterocycles. The number of rotatable bonds is 17. The van der Waals surface area contributed by atoms with Gasteiger partial charge in [-0.05, 0) is 89.4 Å². The predicted octanol–water partition coefficient (Wildman–Crippen LogP) is 7.63. The van der Waals surface area contributed by atoms with Crippen LogP contribution in [0.2, 0.25) is 0 Å². The van der Waals surface area contributed by atoms with Crippen molar-refractivity contribution in [1.82, 2.24) is 4.90 Å². The Bertz CT molecular complexity index is 931. The molecule has 5 nitrogen and oxygen atoms in total. The molecular weight excluding hydrogens is 479 g/mol. The molecule has 1 aromatic rings. The van der Waals surface area contributed by atoms with Crippen molar-refractivity contribution < 1.29 is 18.7 Å². The molecule has 0 bridgehead atoms. The summed E-state index contributed by atoms with van der Waals surface area (Å²) in [6.45, 7) is 16.9. The summed E-state index contributed by atoms with van der Waals surface area (Å²) < 4.78 is 25.1.